The zero-order valence-electron chi connectivity index (χ0n) is 12.6. The van der Waals surface area contributed by atoms with Crippen molar-refractivity contribution >= 4 is 40.0 Å². The van der Waals surface area contributed by atoms with Gasteiger partial charge < -0.3 is 15.8 Å². The molecule has 0 radical (unpaired) electrons. The monoisotopic (exact) mass is 351 g/mol. The number of benzene rings is 1. The molecule has 0 aliphatic heterocycles. The van der Waals surface area contributed by atoms with Gasteiger partial charge in [-0.05, 0) is 17.7 Å². The number of ether oxygens (including phenoxy) is 1. The predicted molar refractivity (Wildman–Crippen MR) is 92.8 cm³/mol. The maximum Gasteiger partial charge on any atom is 0.230 e. The lowest BCUT2D eigenvalue weighted by Crippen LogP contribution is -2.14. The molecule has 3 N–H and O–H groups in total. The van der Waals surface area contributed by atoms with Crippen molar-refractivity contribution in [1.29, 1.82) is 0 Å². The third kappa shape index (κ3) is 5.91. The molecule has 2 amide bonds. The number of aromatic nitrogens is 1. The van der Waals surface area contributed by atoms with E-state index in [1.165, 1.54) is 23.1 Å². The van der Waals surface area contributed by atoms with E-state index in [1.807, 2.05) is 29.6 Å². The van der Waals surface area contributed by atoms with E-state index >= 15 is 0 Å². The van der Waals surface area contributed by atoms with Gasteiger partial charge in [-0.15, -0.1) is 23.1 Å². The van der Waals surface area contributed by atoms with Gasteiger partial charge in [0.15, 0.2) is 5.13 Å². The Kier molecular flexibility index (Phi) is 6.42. The van der Waals surface area contributed by atoms with Gasteiger partial charge in [0.1, 0.15) is 5.75 Å². The van der Waals surface area contributed by atoms with Crippen molar-refractivity contribution in [1.82, 2.24) is 4.98 Å². The van der Waals surface area contributed by atoms with Crippen LogP contribution in [0.1, 0.15) is 11.3 Å². The fourth-order valence-electron chi connectivity index (χ4n) is 1.78. The molecule has 1 heterocycles. The van der Waals surface area contributed by atoms with Crippen molar-refractivity contribution in [2.45, 2.75) is 12.2 Å². The average Bonchev–Trinajstić information content (AvgIpc) is 2.95. The Balaban J connectivity index is 1.82. The fourth-order valence-corrected chi connectivity index (χ4v) is 3.27. The van der Waals surface area contributed by atoms with Gasteiger partial charge in [-0.2, -0.15) is 0 Å². The van der Waals surface area contributed by atoms with Crippen LogP contribution in [0.5, 0.6) is 5.75 Å². The van der Waals surface area contributed by atoms with Crippen molar-refractivity contribution in [2.24, 2.45) is 5.73 Å². The smallest absolute Gasteiger partial charge is 0.230 e. The largest absolute Gasteiger partial charge is 0.497 e. The van der Waals surface area contributed by atoms with Crippen LogP contribution in [-0.2, 0) is 21.8 Å². The molecule has 122 valence electrons. The lowest BCUT2D eigenvalue weighted by molar-refractivity contribution is -0.116. The van der Waals surface area contributed by atoms with Gasteiger partial charge in [0, 0.05) is 11.1 Å². The molecule has 0 fully saturated rings. The Morgan fingerprint density at radius 1 is 1.35 bits per heavy atom. The highest BCUT2D eigenvalue weighted by Crippen LogP contribution is 2.20. The molecule has 0 aliphatic rings. The minimum Gasteiger partial charge on any atom is -0.497 e. The standard InChI is InChI=1S/C15H17N3O3S2/c1-21-12-4-2-10(3-5-12)6-14(20)18-15-17-11(8-23-15)7-22-9-13(16)19/h2-5,8H,6-7,9H2,1H3,(H2,16,19)(H,17,18,20). The molecule has 0 atom stereocenters. The molecule has 23 heavy (non-hydrogen) atoms. The van der Waals surface area contributed by atoms with Crippen molar-refractivity contribution in [2.75, 3.05) is 18.2 Å². The molecule has 0 aliphatic carbocycles. The third-order valence-electron chi connectivity index (χ3n) is 2.82. The van der Waals surface area contributed by atoms with Crippen LogP contribution in [0.25, 0.3) is 0 Å². The first-order valence-corrected chi connectivity index (χ1v) is 8.83. The first-order chi connectivity index (χ1) is 11.1. The van der Waals surface area contributed by atoms with E-state index in [0.29, 0.717) is 10.9 Å². The SMILES string of the molecule is COc1ccc(CC(=O)Nc2nc(CSCC(N)=O)cs2)cc1. The minimum atomic E-state index is -0.349. The van der Waals surface area contributed by atoms with Crippen LogP contribution in [0.15, 0.2) is 29.6 Å². The number of thioether (sulfide) groups is 1. The Morgan fingerprint density at radius 2 is 2.09 bits per heavy atom. The second-order valence-electron chi connectivity index (χ2n) is 4.68. The van der Waals surface area contributed by atoms with Gasteiger partial charge in [0.05, 0.1) is 25.0 Å². The number of hydrogen-bond donors (Lipinski definition) is 2. The molecule has 1 aromatic carbocycles. The second kappa shape index (κ2) is 8.54. The topological polar surface area (TPSA) is 94.3 Å². The van der Waals surface area contributed by atoms with Gasteiger partial charge in [0.25, 0.3) is 0 Å². The van der Waals surface area contributed by atoms with E-state index in [4.69, 9.17) is 10.5 Å². The molecule has 0 saturated heterocycles. The zero-order valence-corrected chi connectivity index (χ0v) is 14.2. The molecule has 6 nitrogen and oxygen atoms in total. The number of carbonyl (C=O) groups is 2. The summed E-state index contributed by atoms with van der Waals surface area (Å²) in [5.41, 5.74) is 6.80. The molecule has 8 heteroatoms. The predicted octanol–water partition coefficient (Wildman–Crippen LogP) is 2.05. The summed E-state index contributed by atoms with van der Waals surface area (Å²) in [6, 6.07) is 7.35. The number of carbonyl (C=O) groups excluding carboxylic acids is 2. The van der Waals surface area contributed by atoms with E-state index < -0.39 is 0 Å². The summed E-state index contributed by atoms with van der Waals surface area (Å²) in [6.07, 6.45) is 0.273. The molecule has 1 aromatic heterocycles. The minimum absolute atomic E-state index is 0.124. The molecular formula is C15H17N3O3S2. The number of rotatable bonds is 8. The highest BCUT2D eigenvalue weighted by atomic mass is 32.2. The van der Waals surface area contributed by atoms with Crippen molar-refractivity contribution < 1.29 is 14.3 Å². The quantitative estimate of drug-likeness (QED) is 0.759. The molecule has 0 saturated carbocycles. The highest BCUT2D eigenvalue weighted by Gasteiger charge is 2.08. The van der Waals surface area contributed by atoms with E-state index in [9.17, 15) is 9.59 Å². The van der Waals surface area contributed by atoms with Crippen LogP contribution in [0, 0.1) is 0 Å². The first kappa shape index (κ1) is 17.3. The number of nitrogens with two attached hydrogens (primary N) is 1. The summed E-state index contributed by atoms with van der Waals surface area (Å²) < 4.78 is 5.08. The summed E-state index contributed by atoms with van der Waals surface area (Å²) >= 11 is 2.76. The van der Waals surface area contributed by atoms with Gasteiger partial charge in [0.2, 0.25) is 11.8 Å². The van der Waals surface area contributed by atoms with Crippen LogP contribution >= 0.6 is 23.1 Å². The van der Waals surface area contributed by atoms with Gasteiger partial charge >= 0.3 is 0 Å². The highest BCUT2D eigenvalue weighted by molar-refractivity contribution is 7.99. The molecule has 0 spiro atoms. The Labute approximate surface area is 142 Å². The summed E-state index contributed by atoms with van der Waals surface area (Å²) in [5.74, 6) is 1.14. The Hall–Kier alpha value is -2.06. The first-order valence-electron chi connectivity index (χ1n) is 6.80. The molecule has 2 aromatic rings. The molecular weight excluding hydrogens is 334 g/mol. The van der Waals surface area contributed by atoms with Crippen LogP contribution in [0.4, 0.5) is 5.13 Å². The normalized spacial score (nSPS) is 10.3. The van der Waals surface area contributed by atoms with Crippen LogP contribution in [0.2, 0.25) is 0 Å². The van der Waals surface area contributed by atoms with E-state index in [1.54, 1.807) is 7.11 Å². The van der Waals surface area contributed by atoms with Crippen LogP contribution < -0.4 is 15.8 Å². The van der Waals surface area contributed by atoms with E-state index in [0.717, 1.165) is 17.0 Å². The fraction of sp³-hybridized carbons (Fsp3) is 0.267. The Bertz CT molecular complexity index is 671. The third-order valence-corrected chi connectivity index (χ3v) is 4.61. The van der Waals surface area contributed by atoms with Crippen molar-refractivity contribution in [3.8, 4) is 5.75 Å². The maximum absolute atomic E-state index is 12.0. The number of hydrogen-bond acceptors (Lipinski definition) is 6. The summed E-state index contributed by atoms with van der Waals surface area (Å²) in [7, 11) is 1.60. The number of anilines is 1. The zero-order chi connectivity index (χ0) is 16.7. The van der Waals surface area contributed by atoms with Gasteiger partial charge in [-0.25, -0.2) is 4.98 Å². The van der Waals surface area contributed by atoms with Crippen molar-refractivity contribution in [3.63, 3.8) is 0 Å². The van der Waals surface area contributed by atoms with Gasteiger partial charge in [-0.3, -0.25) is 9.59 Å². The molecule has 0 unspecified atom stereocenters. The lowest BCUT2D eigenvalue weighted by atomic mass is 10.1. The lowest BCUT2D eigenvalue weighted by Gasteiger charge is -2.03. The number of nitrogens with one attached hydrogen (secondary N) is 1. The summed E-state index contributed by atoms with van der Waals surface area (Å²) in [4.78, 5) is 27.0. The molecule has 0 bridgehead atoms. The maximum atomic E-state index is 12.0. The number of methoxy groups -OCH3 is 1. The molecule has 2 rings (SSSR count). The number of primary amides is 1. The number of thiazole rings is 1. The second-order valence-corrected chi connectivity index (χ2v) is 6.52. The number of nitrogens with zero attached hydrogens (tertiary/aromatic N) is 1. The van der Waals surface area contributed by atoms with E-state index in [-0.39, 0.29) is 24.0 Å². The van der Waals surface area contributed by atoms with Gasteiger partial charge in [-0.1, -0.05) is 12.1 Å². The number of amides is 2. The Morgan fingerprint density at radius 3 is 2.74 bits per heavy atom. The van der Waals surface area contributed by atoms with Crippen LogP contribution in [-0.4, -0.2) is 29.7 Å². The summed E-state index contributed by atoms with van der Waals surface area (Å²) in [5, 5.41) is 5.19. The average molecular weight is 351 g/mol. The van der Waals surface area contributed by atoms with Crippen molar-refractivity contribution in [3.05, 3.63) is 40.9 Å². The van der Waals surface area contributed by atoms with Crippen LogP contribution in [0.3, 0.4) is 0 Å². The van der Waals surface area contributed by atoms with E-state index in [2.05, 4.69) is 10.3 Å². The summed E-state index contributed by atoms with van der Waals surface area (Å²) in [6.45, 7) is 0.